The average molecular weight is 280 g/mol. The molecule has 0 bridgehead atoms. The summed E-state index contributed by atoms with van der Waals surface area (Å²) in [5, 5.41) is 15.2. The lowest BCUT2D eigenvalue weighted by atomic mass is 10.2. The first-order chi connectivity index (χ1) is 9.33. The van der Waals surface area contributed by atoms with Crippen molar-refractivity contribution in [3.05, 3.63) is 18.2 Å². The smallest absolute Gasteiger partial charge is 0.412 e. The van der Waals surface area contributed by atoms with Crippen molar-refractivity contribution < 1.29 is 19.4 Å². The number of phenolic OH excluding ortho intramolecular Hbond substituents is 1. The van der Waals surface area contributed by atoms with E-state index in [1.165, 1.54) is 12.1 Å². The molecule has 0 aromatic heterocycles. The maximum Gasteiger partial charge on any atom is 0.412 e. The molecule has 110 valence electrons. The van der Waals surface area contributed by atoms with Gasteiger partial charge in [0.15, 0.2) is 0 Å². The topological polar surface area (TPSA) is 79.8 Å². The molecule has 0 unspecified atom stereocenters. The molecule has 1 aromatic carbocycles. The van der Waals surface area contributed by atoms with Gasteiger partial charge in [-0.05, 0) is 32.9 Å². The van der Waals surface area contributed by atoms with Crippen LogP contribution in [0.3, 0.4) is 0 Å². The monoisotopic (exact) mass is 280 g/mol. The molecule has 0 aliphatic carbocycles. The van der Waals surface area contributed by atoms with Crippen LogP contribution in [0.25, 0.3) is 0 Å². The number of ether oxygens (including phenoxy) is 2. The minimum absolute atomic E-state index is 0.0518. The summed E-state index contributed by atoms with van der Waals surface area (Å²) in [5.41, 5.74) is -0.0936. The highest BCUT2D eigenvalue weighted by molar-refractivity contribution is 5.87. The second-order valence-corrected chi connectivity index (χ2v) is 5.71. The lowest BCUT2D eigenvalue weighted by molar-refractivity contribution is 0.0634. The van der Waals surface area contributed by atoms with Crippen LogP contribution in [0.4, 0.5) is 10.5 Å². The van der Waals surface area contributed by atoms with E-state index in [1.807, 2.05) is 0 Å². The van der Waals surface area contributed by atoms with E-state index in [0.717, 1.165) is 13.1 Å². The first-order valence-corrected chi connectivity index (χ1v) is 6.54. The molecular formula is C14H20N2O4. The van der Waals surface area contributed by atoms with Crippen LogP contribution in [-0.4, -0.2) is 36.0 Å². The van der Waals surface area contributed by atoms with Crippen molar-refractivity contribution in [2.24, 2.45) is 0 Å². The van der Waals surface area contributed by atoms with E-state index in [-0.39, 0.29) is 11.9 Å². The summed E-state index contributed by atoms with van der Waals surface area (Å²) in [4.78, 5) is 11.8. The summed E-state index contributed by atoms with van der Waals surface area (Å²) in [6.07, 6.45) is -0.504. The lowest BCUT2D eigenvalue weighted by Gasteiger charge is -2.29. The van der Waals surface area contributed by atoms with Gasteiger partial charge in [0.05, 0.1) is 5.69 Å². The Morgan fingerprint density at radius 1 is 1.40 bits per heavy atom. The molecule has 20 heavy (non-hydrogen) atoms. The Kier molecular flexibility index (Phi) is 4.04. The van der Waals surface area contributed by atoms with Crippen LogP contribution in [0.5, 0.6) is 11.5 Å². The highest BCUT2D eigenvalue weighted by Gasteiger charge is 2.22. The minimum Gasteiger partial charge on any atom is -0.508 e. The van der Waals surface area contributed by atoms with Gasteiger partial charge in [-0.2, -0.15) is 0 Å². The van der Waals surface area contributed by atoms with E-state index < -0.39 is 11.7 Å². The van der Waals surface area contributed by atoms with Crippen molar-refractivity contribution in [2.75, 3.05) is 18.4 Å². The largest absolute Gasteiger partial charge is 0.508 e. The molecule has 0 spiro atoms. The zero-order valence-corrected chi connectivity index (χ0v) is 11.9. The van der Waals surface area contributed by atoms with Gasteiger partial charge in [-0.25, -0.2) is 4.79 Å². The van der Waals surface area contributed by atoms with Crippen LogP contribution in [-0.2, 0) is 4.74 Å². The molecule has 1 aromatic rings. The van der Waals surface area contributed by atoms with Gasteiger partial charge in [-0.3, -0.25) is 5.32 Å². The van der Waals surface area contributed by atoms with Gasteiger partial charge in [0, 0.05) is 19.2 Å². The molecule has 3 N–H and O–H groups in total. The summed E-state index contributed by atoms with van der Waals surface area (Å²) < 4.78 is 10.9. The molecule has 6 heteroatoms. The molecule has 2 rings (SSSR count). The maximum atomic E-state index is 11.8. The third kappa shape index (κ3) is 4.03. The van der Waals surface area contributed by atoms with Crippen molar-refractivity contribution in [3.63, 3.8) is 0 Å². The van der Waals surface area contributed by atoms with Gasteiger partial charge in [0.1, 0.15) is 23.2 Å². The zero-order chi connectivity index (χ0) is 14.8. The molecule has 1 amide bonds. The number of hydrogen-bond donors (Lipinski definition) is 3. The summed E-state index contributed by atoms with van der Waals surface area (Å²) >= 11 is 0. The number of rotatable bonds is 3. The summed E-state index contributed by atoms with van der Waals surface area (Å²) in [6, 6.07) is 4.55. The Bertz CT molecular complexity index is 492. The number of amides is 1. The fourth-order valence-corrected chi connectivity index (χ4v) is 1.65. The SMILES string of the molecule is CC(C)(C)OC(=O)Nc1ccc(O)cc1OC1CNC1. The van der Waals surface area contributed by atoms with Crippen LogP contribution in [0.1, 0.15) is 20.8 Å². The molecule has 1 aliphatic heterocycles. The Morgan fingerprint density at radius 2 is 2.10 bits per heavy atom. The quantitative estimate of drug-likeness (QED) is 0.739. The molecule has 1 fully saturated rings. The normalized spacial score (nSPS) is 15.3. The van der Waals surface area contributed by atoms with Crippen LogP contribution in [0.2, 0.25) is 0 Å². The van der Waals surface area contributed by atoms with Crippen molar-refractivity contribution in [1.82, 2.24) is 5.32 Å². The predicted octanol–water partition coefficient (Wildman–Crippen LogP) is 2.09. The van der Waals surface area contributed by atoms with E-state index in [1.54, 1.807) is 26.8 Å². The Balaban J connectivity index is 2.07. The fourth-order valence-electron chi connectivity index (χ4n) is 1.65. The molecule has 1 heterocycles. The number of carbonyl (C=O) groups is 1. The molecule has 0 atom stereocenters. The fraction of sp³-hybridized carbons (Fsp3) is 0.500. The maximum absolute atomic E-state index is 11.8. The standard InChI is InChI=1S/C14H20N2O4/c1-14(2,3)20-13(18)16-11-5-4-9(17)6-12(11)19-10-7-15-8-10/h4-6,10,15,17H,7-8H2,1-3H3,(H,16,18). The van der Waals surface area contributed by atoms with E-state index >= 15 is 0 Å². The van der Waals surface area contributed by atoms with Gasteiger partial charge in [-0.1, -0.05) is 0 Å². The van der Waals surface area contributed by atoms with Crippen molar-refractivity contribution >= 4 is 11.8 Å². The molecule has 1 aliphatic rings. The van der Waals surface area contributed by atoms with Gasteiger partial charge in [-0.15, -0.1) is 0 Å². The average Bonchev–Trinajstić information content (AvgIpc) is 2.24. The number of hydrogen-bond acceptors (Lipinski definition) is 5. The Morgan fingerprint density at radius 3 is 2.65 bits per heavy atom. The van der Waals surface area contributed by atoms with E-state index in [2.05, 4.69) is 10.6 Å². The first kappa shape index (κ1) is 14.5. The highest BCUT2D eigenvalue weighted by atomic mass is 16.6. The Labute approximate surface area is 118 Å². The third-order valence-electron chi connectivity index (χ3n) is 2.64. The number of benzene rings is 1. The van der Waals surface area contributed by atoms with Crippen molar-refractivity contribution in [2.45, 2.75) is 32.5 Å². The molecule has 0 radical (unpaired) electrons. The van der Waals surface area contributed by atoms with E-state index in [0.29, 0.717) is 11.4 Å². The molecule has 1 saturated heterocycles. The van der Waals surface area contributed by atoms with Gasteiger partial charge < -0.3 is 19.9 Å². The Hall–Kier alpha value is -1.95. The van der Waals surface area contributed by atoms with Crippen LogP contribution in [0.15, 0.2) is 18.2 Å². The molecule has 6 nitrogen and oxygen atoms in total. The van der Waals surface area contributed by atoms with Gasteiger partial charge in [0.2, 0.25) is 0 Å². The number of anilines is 1. The minimum atomic E-state index is -0.570. The van der Waals surface area contributed by atoms with Crippen LogP contribution < -0.4 is 15.4 Å². The van der Waals surface area contributed by atoms with E-state index in [4.69, 9.17) is 9.47 Å². The number of phenols is 1. The zero-order valence-electron chi connectivity index (χ0n) is 11.9. The van der Waals surface area contributed by atoms with Crippen LogP contribution in [0, 0.1) is 0 Å². The second kappa shape index (κ2) is 5.58. The summed E-state index contributed by atoms with van der Waals surface area (Å²) in [5.74, 6) is 0.518. The van der Waals surface area contributed by atoms with Crippen LogP contribution >= 0.6 is 0 Å². The second-order valence-electron chi connectivity index (χ2n) is 5.71. The lowest BCUT2D eigenvalue weighted by Crippen LogP contribution is -2.50. The van der Waals surface area contributed by atoms with Crippen molar-refractivity contribution in [1.29, 1.82) is 0 Å². The number of carbonyl (C=O) groups excluding carboxylic acids is 1. The highest BCUT2D eigenvalue weighted by Crippen LogP contribution is 2.30. The predicted molar refractivity (Wildman–Crippen MR) is 75.2 cm³/mol. The summed E-state index contributed by atoms with van der Waals surface area (Å²) in [6.45, 7) is 6.88. The van der Waals surface area contributed by atoms with E-state index in [9.17, 15) is 9.90 Å². The van der Waals surface area contributed by atoms with Crippen molar-refractivity contribution in [3.8, 4) is 11.5 Å². The van der Waals surface area contributed by atoms with Gasteiger partial charge in [0.25, 0.3) is 0 Å². The first-order valence-electron chi connectivity index (χ1n) is 6.54. The summed E-state index contributed by atoms with van der Waals surface area (Å²) in [7, 11) is 0. The van der Waals surface area contributed by atoms with Gasteiger partial charge >= 0.3 is 6.09 Å². The molecular weight excluding hydrogens is 260 g/mol. The number of aromatic hydroxyl groups is 1. The molecule has 0 saturated carbocycles. The number of nitrogens with one attached hydrogen (secondary N) is 2. The third-order valence-corrected chi connectivity index (χ3v) is 2.64.